The minimum atomic E-state index is -0.0669. The Balaban J connectivity index is 2.16. The summed E-state index contributed by atoms with van der Waals surface area (Å²) in [5, 5.41) is 3.49. The van der Waals surface area contributed by atoms with Crippen molar-refractivity contribution in [2.24, 2.45) is 0 Å². The third-order valence-corrected chi connectivity index (χ3v) is 4.62. The zero-order valence-corrected chi connectivity index (χ0v) is 14.1. The van der Waals surface area contributed by atoms with Gasteiger partial charge in [0.25, 0.3) is 5.91 Å². The van der Waals surface area contributed by atoms with Crippen molar-refractivity contribution < 1.29 is 4.79 Å². The molecule has 0 aliphatic rings. The van der Waals surface area contributed by atoms with Crippen molar-refractivity contribution in [1.29, 1.82) is 0 Å². The number of hydrogen-bond acceptors (Lipinski definition) is 3. The average Bonchev–Trinajstić information content (AvgIpc) is 2.47. The Hall–Kier alpha value is -1.39. The summed E-state index contributed by atoms with van der Waals surface area (Å²) in [5.74, 6) is -0.0669. The summed E-state index contributed by atoms with van der Waals surface area (Å²) < 4.78 is 0. The molecule has 0 bridgehead atoms. The van der Waals surface area contributed by atoms with E-state index in [1.165, 1.54) is 0 Å². The Morgan fingerprint density at radius 2 is 1.86 bits per heavy atom. The van der Waals surface area contributed by atoms with Crippen LogP contribution in [0, 0.1) is 0 Å². The lowest BCUT2D eigenvalue weighted by molar-refractivity contribution is 0.102. The van der Waals surface area contributed by atoms with Crippen LogP contribution in [0.1, 0.15) is 24.2 Å². The average molecular weight is 317 g/mol. The van der Waals surface area contributed by atoms with Crippen LogP contribution in [0.5, 0.6) is 0 Å². The number of thioether (sulfide) groups is 2. The highest BCUT2D eigenvalue weighted by Crippen LogP contribution is 2.26. The van der Waals surface area contributed by atoms with Gasteiger partial charge in [-0.2, -0.15) is 0 Å². The fraction of sp³-hybridized carbons (Fsp3) is 0.235. The van der Waals surface area contributed by atoms with Gasteiger partial charge in [-0.05, 0) is 36.6 Å². The van der Waals surface area contributed by atoms with Crippen molar-refractivity contribution in [1.82, 2.24) is 0 Å². The Morgan fingerprint density at radius 1 is 1.10 bits per heavy atom. The maximum Gasteiger partial charge on any atom is 0.255 e. The molecule has 1 amide bonds. The van der Waals surface area contributed by atoms with E-state index in [1.807, 2.05) is 54.8 Å². The Bertz CT molecular complexity index is 626. The molecule has 1 N–H and O–H groups in total. The molecule has 0 radical (unpaired) electrons. The number of rotatable bonds is 5. The zero-order chi connectivity index (χ0) is 15.2. The van der Waals surface area contributed by atoms with E-state index >= 15 is 0 Å². The van der Waals surface area contributed by atoms with E-state index in [2.05, 4.69) is 19.2 Å². The highest BCUT2D eigenvalue weighted by Gasteiger charge is 2.09. The second kappa shape index (κ2) is 7.57. The molecule has 2 rings (SSSR count). The Kier molecular flexibility index (Phi) is 5.76. The van der Waals surface area contributed by atoms with E-state index < -0.39 is 0 Å². The van der Waals surface area contributed by atoms with Crippen LogP contribution in [0.2, 0.25) is 0 Å². The summed E-state index contributed by atoms with van der Waals surface area (Å²) in [4.78, 5) is 14.6. The second-order valence-corrected chi connectivity index (χ2v) is 7.35. The van der Waals surface area contributed by atoms with Crippen LogP contribution in [0.4, 0.5) is 5.69 Å². The van der Waals surface area contributed by atoms with E-state index in [1.54, 1.807) is 23.5 Å². The number of amides is 1. The monoisotopic (exact) mass is 317 g/mol. The molecule has 0 saturated heterocycles. The number of carbonyl (C=O) groups excluding carboxylic acids is 1. The third kappa shape index (κ3) is 4.55. The highest BCUT2D eigenvalue weighted by molar-refractivity contribution is 8.00. The molecule has 0 aromatic heterocycles. The number of benzene rings is 2. The fourth-order valence-corrected chi connectivity index (χ4v) is 3.38. The first-order chi connectivity index (χ1) is 10.1. The van der Waals surface area contributed by atoms with Crippen molar-refractivity contribution in [2.75, 3.05) is 11.6 Å². The van der Waals surface area contributed by atoms with Crippen molar-refractivity contribution in [3.63, 3.8) is 0 Å². The topological polar surface area (TPSA) is 29.1 Å². The summed E-state index contributed by atoms with van der Waals surface area (Å²) in [5.41, 5.74) is 1.55. The lowest BCUT2D eigenvalue weighted by Gasteiger charge is -2.10. The van der Waals surface area contributed by atoms with Crippen molar-refractivity contribution in [3.05, 3.63) is 54.1 Å². The molecule has 110 valence electrons. The summed E-state index contributed by atoms with van der Waals surface area (Å²) in [6, 6.07) is 15.6. The number of anilines is 1. The van der Waals surface area contributed by atoms with Crippen LogP contribution in [0.15, 0.2) is 58.3 Å². The standard InChI is InChI=1S/C17H19NOS2/c1-12(2)21-14-8-6-7-13(11-14)17(19)18-15-9-4-5-10-16(15)20-3/h4-12H,1-3H3,(H,18,19). The van der Waals surface area contributed by atoms with Crippen LogP contribution >= 0.6 is 23.5 Å². The van der Waals surface area contributed by atoms with Crippen LogP contribution in [-0.2, 0) is 0 Å². The van der Waals surface area contributed by atoms with E-state index in [9.17, 15) is 4.79 Å². The van der Waals surface area contributed by atoms with Crippen molar-refractivity contribution in [3.8, 4) is 0 Å². The number of hydrogen-bond donors (Lipinski definition) is 1. The van der Waals surface area contributed by atoms with E-state index in [0.717, 1.165) is 15.5 Å². The maximum atomic E-state index is 12.4. The van der Waals surface area contributed by atoms with Gasteiger partial charge in [0.2, 0.25) is 0 Å². The molecule has 21 heavy (non-hydrogen) atoms. The largest absolute Gasteiger partial charge is 0.321 e. The third-order valence-electron chi connectivity index (χ3n) is 2.82. The highest BCUT2D eigenvalue weighted by atomic mass is 32.2. The first-order valence-corrected chi connectivity index (χ1v) is 8.91. The van der Waals surface area contributed by atoms with Crippen LogP contribution in [-0.4, -0.2) is 17.4 Å². The first kappa shape index (κ1) is 16.0. The molecule has 0 saturated carbocycles. The molecule has 2 nitrogen and oxygen atoms in total. The van der Waals surface area contributed by atoms with Gasteiger partial charge in [-0.15, -0.1) is 23.5 Å². The Morgan fingerprint density at radius 3 is 2.57 bits per heavy atom. The number of para-hydroxylation sites is 1. The van der Waals surface area contributed by atoms with Crippen LogP contribution in [0.3, 0.4) is 0 Å². The van der Waals surface area contributed by atoms with Gasteiger partial charge < -0.3 is 5.32 Å². The van der Waals surface area contributed by atoms with Gasteiger partial charge in [0.1, 0.15) is 0 Å². The second-order valence-electron chi connectivity index (χ2n) is 4.85. The SMILES string of the molecule is CSc1ccccc1NC(=O)c1cccc(SC(C)C)c1. The summed E-state index contributed by atoms with van der Waals surface area (Å²) in [6.07, 6.45) is 2.00. The van der Waals surface area contributed by atoms with Crippen molar-refractivity contribution >= 4 is 35.1 Å². The van der Waals surface area contributed by atoms with Gasteiger partial charge in [-0.25, -0.2) is 0 Å². The molecule has 0 atom stereocenters. The molecule has 4 heteroatoms. The fourth-order valence-electron chi connectivity index (χ4n) is 1.93. The van der Waals surface area contributed by atoms with Gasteiger partial charge in [-0.1, -0.05) is 32.0 Å². The van der Waals surface area contributed by atoms with Crippen molar-refractivity contribution in [2.45, 2.75) is 28.9 Å². The molecule has 0 unspecified atom stereocenters. The minimum Gasteiger partial charge on any atom is -0.321 e. The predicted molar refractivity (Wildman–Crippen MR) is 93.6 cm³/mol. The van der Waals surface area contributed by atoms with E-state index in [0.29, 0.717) is 10.8 Å². The van der Waals surface area contributed by atoms with E-state index in [-0.39, 0.29) is 5.91 Å². The van der Waals surface area contributed by atoms with Crippen LogP contribution < -0.4 is 5.32 Å². The summed E-state index contributed by atoms with van der Waals surface area (Å²) in [7, 11) is 0. The zero-order valence-electron chi connectivity index (χ0n) is 12.4. The molecule has 2 aromatic carbocycles. The van der Waals surface area contributed by atoms with Crippen LogP contribution in [0.25, 0.3) is 0 Å². The smallest absolute Gasteiger partial charge is 0.255 e. The summed E-state index contributed by atoms with van der Waals surface area (Å²) >= 11 is 3.39. The number of carbonyl (C=O) groups is 1. The molecule has 0 fully saturated rings. The molecule has 2 aromatic rings. The van der Waals surface area contributed by atoms with Gasteiger partial charge in [0.05, 0.1) is 5.69 Å². The molecule has 0 aliphatic carbocycles. The molecular formula is C17H19NOS2. The van der Waals surface area contributed by atoms with Gasteiger partial charge in [-0.3, -0.25) is 4.79 Å². The summed E-state index contributed by atoms with van der Waals surface area (Å²) in [6.45, 7) is 4.29. The van der Waals surface area contributed by atoms with Gasteiger partial charge >= 0.3 is 0 Å². The Labute approximate surface area is 134 Å². The molecular weight excluding hydrogens is 298 g/mol. The lowest BCUT2D eigenvalue weighted by atomic mass is 10.2. The predicted octanol–water partition coefficient (Wildman–Crippen LogP) is 5.16. The van der Waals surface area contributed by atoms with Gasteiger partial charge in [0.15, 0.2) is 0 Å². The number of nitrogens with one attached hydrogen (secondary N) is 1. The quantitative estimate of drug-likeness (QED) is 0.772. The first-order valence-electron chi connectivity index (χ1n) is 6.81. The van der Waals surface area contributed by atoms with E-state index in [4.69, 9.17) is 0 Å². The molecule has 0 heterocycles. The molecule has 0 aliphatic heterocycles. The maximum absolute atomic E-state index is 12.4. The minimum absolute atomic E-state index is 0.0669. The molecule has 0 spiro atoms. The lowest BCUT2D eigenvalue weighted by Crippen LogP contribution is -2.12. The van der Waals surface area contributed by atoms with Gasteiger partial charge in [0, 0.05) is 20.6 Å². The normalized spacial score (nSPS) is 10.7.